The first-order chi connectivity index (χ1) is 8.59. The number of hydrogen-bond donors (Lipinski definition) is 2. The Bertz CT molecular complexity index is 610. The fourth-order valence-electron chi connectivity index (χ4n) is 2.20. The summed E-state index contributed by atoms with van der Waals surface area (Å²) < 4.78 is 0.870. The lowest BCUT2D eigenvalue weighted by Gasteiger charge is -2.26. The lowest BCUT2D eigenvalue weighted by Crippen LogP contribution is -2.34. The quantitative estimate of drug-likeness (QED) is 0.543. The van der Waals surface area contributed by atoms with Gasteiger partial charge >= 0.3 is 0 Å². The molecule has 0 radical (unpaired) electrons. The van der Waals surface area contributed by atoms with Crippen molar-refractivity contribution in [1.29, 1.82) is 0 Å². The Morgan fingerprint density at radius 1 is 1.28 bits per heavy atom. The number of carbonyl (C=O) groups excluding carboxylic acids is 2. The maximum atomic E-state index is 12.2. The minimum atomic E-state index is -0.733. The molecule has 92 valence electrons. The van der Waals surface area contributed by atoms with E-state index in [2.05, 4.69) is 42.7 Å². The Morgan fingerprint density at radius 2 is 2.06 bits per heavy atom. The van der Waals surface area contributed by atoms with Crippen molar-refractivity contribution in [2.45, 2.75) is 11.2 Å². The van der Waals surface area contributed by atoms with E-state index in [1.54, 1.807) is 6.20 Å². The van der Waals surface area contributed by atoms with Gasteiger partial charge in [-0.1, -0.05) is 28.1 Å². The number of ketones is 2. The van der Waals surface area contributed by atoms with Gasteiger partial charge in [0.25, 0.3) is 0 Å². The van der Waals surface area contributed by atoms with Crippen LogP contribution in [-0.4, -0.2) is 16.4 Å². The van der Waals surface area contributed by atoms with Gasteiger partial charge in [-0.05, 0) is 21.5 Å². The van der Waals surface area contributed by atoms with Crippen molar-refractivity contribution in [2.24, 2.45) is 0 Å². The van der Waals surface area contributed by atoms with Crippen LogP contribution < -0.4 is 10.9 Å². The van der Waals surface area contributed by atoms with Gasteiger partial charge in [0.05, 0.1) is 5.69 Å². The predicted octanol–water partition coefficient (Wildman–Crippen LogP) is 2.38. The van der Waals surface area contributed by atoms with Gasteiger partial charge in [-0.25, -0.2) is 0 Å². The van der Waals surface area contributed by atoms with Crippen LogP contribution in [0.4, 0.5) is 5.69 Å². The Labute approximate surface area is 120 Å². The molecule has 1 aliphatic heterocycles. The van der Waals surface area contributed by atoms with Crippen molar-refractivity contribution < 1.29 is 9.59 Å². The fraction of sp³-hybridized carbons (Fsp3) is 0.167. The molecule has 0 aromatic heterocycles. The van der Waals surface area contributed by atoms with Gasteiger partial charge in [0.15, 0.2) is 11.6 Å². The minimum absolute atomic E-state index is 0.0918. The number of nitrogens with one attached hydrogen (secondary N) is 2. The largest absolute Gasteiger partial charge is 0.307 e. The van der Waals surface area contributed by atoms with Crippen molar-refractivity contribution in [3.05, 3.63) is 35.0 Å². The van der Waals surface area contributed by atoms with E-state index in [0.717, 1.165) is 21.3 Å². The van der Waals surface area contributed by atoms with E-state index < -0.39 is 4.83 Å². The molecule has 0 saturated carbocycles. The average molecular weight is 372 g/mol. The molecule has 2 N–H and O–H groups in total. The first kappa shape index (κ1) is 11.9. The van der Waals surface area contributed by atoms with Gasteiger partial charge in [-0.15, -0.1) is 0 Å². The highest BCUT2D eigenvalue weighted by atomic mass is 79.9. The number of hydrogen-bond acceptors (Lipinski definition) is 4. The average Bonchev–Trinajstić information content (AvgIpc) is 2.36. The Hall–Kier alpha value is -1.14. The van der Waals surface area contributed by atoms with Crippen molar-refractivity contribution in [2.75, 3.05) is 5.43 Å². The number of fused-ring (bicyclic) bond motifs is 3. The molecule has 1 aromatic carbocycles. The number of benzene rings is 1. The van der Waals surface area contributed by atoms with Crippen LogP contribution in [0.3, 0.4) is 0 Å². The molecule has 6 heteroatoms. The summed E-state index contributed by atoms with van der Waals surface area (Å²) in [4.78, 5) is 23.2. The van der Waals surface area contributed by atoms with Gasteiger partial charge in [-0.3, -0.25) is 9.59 Å². The molecular formula is C12H8Br2N2O2. The highest BCUT2D eigenvalue weighted by Crippen LogP contribution is 2.37. The third-order valence-electron chi connectivity index (χ3n) is 3.07. The molecule has 0 spiro atoms. The summed E-state index contributed by atoms with van der Waals surface area (Å²) in [6.45, 7) is 0. The molecule has 3 rings (SSSR count). The number of Topliss-reactive ketones (excluding diaryl/α,β-unsaturated/α-hetero) is 2. The molecule has 4 nitrogen and oxygen atoms in total. The van der Waals surface area contributed by atoms with Crippen LogP contribution in [0.15, 0.2) is 18.3 Å². The zero-order chi connectivity index (χ0) is 12.9. The maximum Gasteiger partial charge on any atom is 0.186 e. The van der Waals surface area contributed by atoms with Crippen LogP contribution in [-0.2, 0) is 11.2 Å². The number of rotatable bonds is 0. The van der Waals surface area contributed by atoms with Crippen molar-refractivity contribution >= 4 is 53.6 Å². The van der Waals surface area contributed by atoms with Gasteiger partial charge in [0, 0.05) is 28.2 Å². The second-order valence-electron chi connectivity index (χ2n) is 4.15. The van der Waals surface area contributed by atoms with E-state index >= 15 is 0 Å². The van der Waals surface area contributed by atoms with Crippen LogP contribution in [0, 0.1) is 0 Å². The Balaban J connectivity index is 2.25. The molecule has 18 heavy (non-hydrogen) atoms. The summed E-state index contributed by atoms with van der Waals surface area (Å²) >= 11 is 6.59. The normalized spacial score (nSPS) is 21.4. The van der Waals surface area contributed by atoms with Gasteiger partial charge in [0.1, 0.15) is 4.83 Å². The first-order valence-corrected chi connectivity index (χ1v) is 7.05. The molecule has 0 fully saturated rings. The van der Waals surface area contributed by atoms with Crippen LogP contribution in [0.5, 0.6) is 0 Å². The monoisotopic (exact) mass is 370 g/mol. The third-order valence-corrected chi connectivity index (χ3v) is 4.65. The lowest BCUT2D eigenvalue weighted by molar-refractivity contribution is -0.117. The van der Waals surface area contributed by atoms with E-state index in [4.69, 9.17) is 0 Å². The number of alkyl halides is 1. The second-order valence-corrected chi connectivity index (χ2v) is 5.92. The molecule has 1 aliphatic carbocycles. The number of hydrazine groups is 1. The summed E-state index contributed by atoms with van der Waals surface area (Å²) in [5, 5.41) is 0. The number of halogens is 2. The minimum Gasteiger partial charge on any atom is -0.307 e. The van der Waals surface area contributed by atoms with E-state index in [1.165, 1.54) is 0 Å². The summed E-state index contributed by atoms with van der Waals surface area (Å²) in [7, 11) is 0. The fourth-order valence-corrected chi connectivity index (χ4v) is 3.04. The topological polar surface area (TPSA) is 58.2 Å². The number of anilines is 1. The number of carbonyl (C=O) groups is 2. The summed E-state index contributed by atoms with van der Waals surface area (Å²) in [5.41, 5.74) is 8.85. The van der Waals surface area contributed by atoms with Crippen LogP contribution in [0.1, 0.15) is 21.5 Å². The molecule has 0 bridgehead atoms. The molecule has 1 unspecified atom stereocenters. The van der Waals surface area contributed by atoms with Crippen LogP contribution in [0.2, 0.25) is 0 Å². The lowest BCUT2D eigenvalue weighted by atomic mass is 9.86. The van der Waals surface area contributed by atoms with Crippen LogP contribution >= 0.6 is 31.9 Å². The Kier molecular flexibility index (Phi) is 2.79. The highest BCUT2D eigenvalue weighted by molar-refractivity contribution is 9.15. The van der Waals surface area contributed by atoms with E-state index in [1.807, 2.05) is 12.1 Å². The molecule has 0 amide bonds. The smallest absolute Gasteiger partial charge is 0.186 e. The second kappa shape index (κ2) is 4.20. The van der Waals surface area contributed by atoms with E-state index in [9.17, 15) is 9.59 Å². The van der Waals surface area contributed by atoms with E-state index in [0.29, 0.717) is 5.56 Å². The zero-order valence-corrected chi connectivity index (χ0v) is 12.3. The molecule has 1 aromatic rings. The SMILES string of the molecule is O=C1Cc2ccc3c(c2C(=O)C1Br)NNC=C3Br. The maximum absolute atomic E-state index is 12.2. The van der Waals surface area contributed by atoms with E-state index in [-0.39, 0.29) is 18.0 Å². The predicted molar refractivity (Wildman–Crippen MR) is 75.9 cm³/mol. The summed E-state index contributed by atoms with van der Waals surface area (Å²) in [6, 6.07) is 3.74. The van der Waals surface area contributed by atoms with Crippen molar-refractivity contribution in [1.82, 2.24) is 5.43 Å². The van der Waals surface area contributed by atoms with Crippen LogP contribution in [0.25, 0.3) is 4.48 Å². The molecule has 1 heterocycles. The molecular weight excluding hydrogens is 364 g/mol. The summed E-state index contributed by atoms with van der Waals surface area (Å²) in [6.07, 6.45) is 2.05. The highest BCUT2D eigenvalue weighted by Gasteiger charge is 2.35. The van der Waals surface area contributed by atoms with Crippen molar-refractivity contribution in [3.8, 4) is 0 Å². The first-order valence-electron chi connectivity index (χ1n) is 5.34. The van der Waals surface area contributed by atoms with Crippen molar-refractivity contribution in [3.63, 3.8) is 0 Å². The standard InChI is InChI=1S/C12H8Br2N2O2/c13-7-4-15-16-11-6(7)2-1-5-3-8(17)10(14)12(18)9(5)11/h1-2,4,10,15-16H,3H2. The van der Waals surface area contributed by atoms with Gasteiger partial charge < -0.3 is 10.9 Å². The molecule has 1 atom stereocenters. The zero-order valence-electron chi connectivity index (χ0n) is 9.09. The molecule has 0 saturated heterocycles. The Morgan fingerprint density at radius 3 is 2.83 bits per heavy atom. The summed E-state index contributed by atoms with van der Waals surface area (Å²) in [5.74, 6) is -0.277. The van der Waals surface area contributed by atoms with Gasteiger partial charge in [-0.2, -0.15) is 0 Å². The van der Waals surface area contributed by atoms with Gasteiger partial charge in [0.2, 0.25) is 0 Å². The molecule has 2 aliphatic rings. The third kappa shape index (κ3) is 1.63.